The molecule has 1 N–H and O–H groups in total. The van der Waals surface area contributed by atoms with Crippen LogP contribution in [0.4, 0.5) is 9.59 Å². The maximum atomic E-state index is 10.5. The number of rotatable bonds is 6. The number of carbonyl (C=O) groups excluding carboxylic acids is 1. The topological polar surface area (TPSA) is 91.3 Å². The molecule has 0 heterocycles. The predicted octanol–water partition coefficient (Wildman–Crippen LogP) is 1.57. The third-order valence-corrected chi connectivity index (χ3v) is 1.27. The predicted molar refractivity (Wildman–Crippen MR) is 47.3 cm³/mol. The highest BCUT2D eigenvalue weighted by molar-refractivity contribution is 5.62. The Kier molecular flexibility index (Phi) is 8.16. The number of carbonyl (C=O) groups is 2. The van der Waals surface area contributed by atoms with Crippen LogP contribution in [-0.2, 0) is 19.2 Å². The Hall–Kier alpha value is -1.50. The Labute approximate surface area is 86.8 Å². The molecule has 0 radical (unpaired) electrons. The molecule has 0 amide bonds. The molecular weight excluding hydrogens is 208 g/mol. The van der Waals surface area contributed by atoms with E-state index < -0.39 is 12.3 Å². The fraction of sp³-hybridized carbons (Fsp3) is 0.750. The van der Waals surface area contributed by atoms with E-state index in [0.717, 1.165) is 12.8 Å². The van der Waals surface area contributed by atoms with Crippen LogP contribution in [0, 0.1) is 0 Å². The van der Waals surface area contributed by atoms with Gasteiger partial charge in [-0.15, -0.1) is 0 Å². The summed E-state index contributed by atoms with van der Waals surface area (Å²) in [6.07, 6.45) is -0.968. The summed E-state index contributed by atoms with van der Waals surface area (Å²) in [6.45, 7) is 2.86. The van der Waals surface area contributed by atoms with Gasteiger partial charge in [-0.3, -0.25) is 0 Å². The van der Waals surface area contributed by atoms with Crippen molar-refractivity contribution in [2.45, 2.75) is 19.8 Å². The van der Waals surface area contributed by atoms with Crippen molar-refractivity contribution in [3.63, 3.8) is 0 Å². The van der Waals surface area contributed by atoms with Gasteiger partial charge in [-0.1, -0.05) is 13.3 Å². The lowest BCUT2D eigenvalue weighted by molar-refractivity contribution is -0.213. The third-order valence-electron chi connectivity index (χ3n) is 1.27. The zero-order valence-corrected chi connectivity index (χ0v) is 8.43. The van der Waals surface area contributed by atoms with Gasteiger partial charge >= 0.3 is 12.3 Å². The lowest BCUT2D eigenvalue weighted by atomic mass is 10.4. The zero-order valence-electron chi connectivity index (χ0n) is 8.43. The van der Waals surface area contributed by atoms with Gasteiger partial charge in [0.1, 0.15) is 6.61 Å². The van der Waals surface area contributed by atoms with E-state index >= 15 is 0 Å². The lowest BCUT2D eigenvalue weighted by Crippen LogP contribution is -2.14. The van der Waals surface area contributed by atoms with Crippen molar-refractivity contribution in [2.24, 2.45) is 0 Å². The first-order valence-electron chi connectivity index (χ1n) is 4.48. The smallest absolute Gasteiger partial charge is 0.447 e. The van der Waals surface area contributed by atoms with E-state index in [4.69, 9.17) is 9.84 Å². The maximum Gasteiger partial charge on any atom is 0.550 e. The van der Waals surface area contributed by atoms with Crippen molar-refractivity contribution >= 4 is 12.3 Å². The fourth-order valence-electron chi connectivity index (χ4n) is 0.626. The summed E-state index contributed by atoms with van der Waals surface area (Å²) < 4.78 is 9.46. The van der Waals surface area contributed by atoms with Gasteiger partial charge in [-0.2, -0.15) is 9.68 Å². The molecule has 0 aromatic rings. The first-order valence-corrected chi connectivity index (χ1v) is 4.48. The summed E-state index contributed by atoms with van der Waals surface area (Å²) >= 11 is 0. The van der Waals surface area contributed by atoms with Crippen molar-refractivity contribution in [3.05, 3.63) is 0 Å². The highest BCUT2D eigenvalue weighted by Gasteiger charge is 2.08. The second kappa shape index (κ2) is 9.07. The van der Waals surface area contributed by atoms with Gasteiger partial charge in [0.15, 0.2) is 0 Å². The number of hydrogen-bond acceptors (Lipinski definition) is 6. The van der Waals surface area contributed by atoms with Crippen LogP contribution >= 0.6 is 0 Å². The lowest BCUT2D eigenvalue weighted by Gasteiger charge is -2.03. The number of ether oxygens (including phenoxy) is 2. The quantitative estimate of drug-likeness (QED) is 0.315. The summed E-state index contributed by atoms with van der Waals surface area (Å²) in [5.41, 5.74) is 0. The second-order valence-corrected chi connectivity index (χ2v) is 2.50. The van der Waals surface area contributed by atoms with Gasteiger partial charge in [0, 0.05) is 6.61 Å². The Morgan fingerprint density at radius 2 is 1.87 bits per heavy atom. The van der Waals surface area contributed by atoms with E-state index in [1.54, 1.807) is 0 Å². The Bertz CT molecular complexity index is 191. The number of hydrogen-bond donors (Lipinski definition) is 1. The Morgan fingerprint density at radius 3 is 2.47 bits per heavy atom. The average molecular weight is 222 g/mol. The van der Waals surface area contributed by atoms with Gasteiger partial charge in [0.05, 0.1) is 6.61 Å². The van der Waals surface area contributed by atoms with E-state index in [0.29, 0.717) is 6.61 Å². The molecule has 0 bridgehead atoms. The van der Waals surface area contributed by atoms with Gasteiger partial charge in [0.25, 0.3) is 0 Å². The largest absolute Gasteiger partial charge is 0.550 e. The standard InChI is InChI=1S/C8H14O7/c1-2-3-4-12-5-6-13-8(11)15-14-7(9)10/h2-6H2,1H3,(H,9,10). The third kappa shape index (κ3) is 10.4. The molecule has 7 nitrogen and oxygen atoms in total. The van der Waals surface area contributed by atoms with E-state index in [1.807, 2.05) is 6.92 Å². The molecule has 0 atom stereocenters. The van der Waals surface area contributed by atoms with Gasteiger partial charge in [0.2, 0.25) is 0 Å². The fourth-order valence-corrected chi connectivity index (χ4v) is 0.626. The highest BCUT2D eigenvalue weighted by Crippen LogP contribution is 1.90. The molecular formula is C8H14O7. The zero-order chi connectivity index (χ0) is 11.5. The summed E-state index contributed by atoms with van der Waals surface area (Å²) in [6, 6.07) is 0. The molecule has 88 valence electrons. The Morgan fingerprint density at radius 1 is 1.13 bits per heavy atom. The van der Waals surface area contributed by atoms with E-state index in [1.165, 1.54) is 0 Å². The van der Waals surface area contributed by atoms with Crippen LogP contribution in [0.25, 0.3) is 0 Å². The first-order chi connectivity index (χ1) is 7.16. The minimum absolute atomic E-state index is 0.00841. The average Bonchev–Trinajstić information content (AvgIpc) is 2.20. The van der Waals surface area contributed by atoms with E-state index in [9.17, 15) is 9.59 Å². The van der Waals surface area contributed by atoms with Gasteiger partial charge in [-0.25, -0.2) is 9.68 Å². The van der Waals surface area contributed by atoms with Crippen LogP contribution in [0.1, 0.15) is 19.8 Å². The molecule has 0 unspecified atom stereocenters. The first kappa shape index (κ1) is 13.5. The maximum absolute atomic E-state index is 10.5. The normalized spacial score (nSPS) is 9.40. The molecule has 0 rings (SSSR count). The van der Waals surface area contributed by atoms with Crippen LogP contribution < -0.4 is 0 Å². The van der Waals surface area contributed by atoms with Crippen LogP contribution in [0.15, 0.2) is 0 Å². The molecule has 0 spiro atoms. The molecule has 0 aliphatic heterocycles. The molecule has 0 saturated carbocycles. The molecule has 0 aromatic heterocycles. The van der Waals surface area contributed by atoms with Crippen LogP contribution in [0.3, 0.4) is 0 Å². The minimum Gasteiger partial charge on any atom is -0.447 e. The molecule has 0 aromatic carbocycles. The van der Waals surface area contributed by atoms with Crippen LogP contribution in [0.5, 0.6) is 0 Å². The summed E-state index contributed by atoms with van der Waals surface area (Å²) in [7, 11) is 0. The number of carboxylic acid groups (broad SMARTS) is 1. The van der Waals surface area contributed by atoms with Gasteiger partial charge in [-0.05, 0) is 6.42 Å². The van der Waals surface area contributed by atoms with Crippen molar-refractivity contribution in [1.82, 2.24) is 0 Å². The minimum atomic E-state index is -1.72. The molecule has 0 aliphatic carbocycles. The monoisotopic (exact) mass is 222 g/mol. The molecule has 0 aliphatic rings. The van der Waals surface area contributed by atoms with Crippen molar-refractivity contribution in [1.29, 1.82) is 0 Å². The van der Waals surface area contributed by atoms with E-state index in [2.05, 4.69) is 14.5 Å². The SMILES string of the molecule is CCCCOCCOC(=O)OOC(=O)O. The summed E-state index contributed by atoms with van der Waals surface area (Å²) in [5, 5.41) is 7.95. The van der Waals surface area contributed by atoms with Crippen molar-refractivity contribution in [2.75, 3.05) is 19.8 Å². The second-order valence-electron chi connectivity index (χ2n) is 2.50. The van der Waals surface area contributed by atoms with Crippen LogP contribution in [-0.4, -0.2) is 37.2 Å². The molecule has 0 saturated heterocycles. The van der Waals surface area contributed by atoms with Crippen LogP contribution in [0.2, 0.25) is 0 Å². The molecule has 0 fully saturated rings. The summed E-state index contributed by atoms with van der Waals surface area (Å²) in [5.74, 6) is 0. The number of unbranched alkanes of at least 4 members (excludes halogenated alkanes) is 1. The van der Waals surface area contributed by atoms with E-state index in [-0.39, 0.29) is 13.2 Å². The van der Waals surface area contributed by atoms with Crippen molar-refractivity contribution < 1.29 is 33.9 Å². The summed E-state index contributed by atoms with van der Waals surface area (Å²) in [4.78, 5) is 27.5. The Balaban J connectivity index is 3.20. The molecule has 7 heteroatoms. The van der Waals surface area contributed by atoms with Gasteiger partial charge < -0.3 is 14.6 Å². The molecule has 15 heavy (non-hydrogen) atoms. The highest BCUT2D eigenvalue weighted by atomic mass is 17.3. The van der Waals surface area contributed by atoms with Crippen molar-refractivity contribution in [3.8, 4) is 0 Å².